The van der Waals surface area contributed by atoms with E-state index in [1.54, 1.807) is 6.20 Å². The van der Waals surface area contributed by atoms with Gasteiger partial charge in [-0.05, 0) is 30.2 Å². The lowest BCUT2D eigenvalue weighted by atomic mass is 10.1. The van der Waals surface area contributed by atoms with Crippen molar-refractivity contribution in [2.75, 3.05) is 6.54 Å². The van der Waals surface area contributed by atoms with E-state index in [4.69, 9.17) is 0 Å². The van der Waals surface area contributed by atoms with Crippen LogP contribution in [-0.2, 0) is 17.9 Å². The number of nitrogens with zero attached hydrogens (tertiary/aromatic N) is 1. The van der Waals surface area contributed by atoms with Gasteiger partial charge in [0.15, 0.2) is 0 Å². The van der Waals surface area contributed by atoms with E-state index in [2.05, 4.69) is 15.6 Å². The van der Waals surface area contributed by atoms with Crippen molar-refractivity contribution >= 4 is 5.91 Å². The first-order valence-corrected chi connectivity index (χ1v) is 6.67. The fraction of sp³-hybridized carbons (Fsp3) is 0.250. The van der Waals surface area contributed by atoms with Crippen molar-refractivity contribution < 1.29 is 4.79 Å². The number of nitrogens with one attached hydrogen (secondary N) is 2. The maximum Gasteiger partial charge on any atom is 0.234 e. The molecule has 20 heavy (non-hydrogen) atoms. The summed E-state index contributed by atoms with van der Waals surface area (Å²) in [4.78, 5) is 15.9. The number of amides is 1. The highest BCUT2D eigenvalue weighted by Gasteiger charge is 2.02. The average molecular weight is 269 g/mol. The smallest absolute Gasteiger partial charge is 0.234 e. The van der Waals surface area contributed by atoms with E-state index in [1.165, 1.54) is 5.56 Å². The lowest BCUT2D eigenvalue weighted by molar-refractivity contribution is -0.120. The second-order valence-corrected chi connectivity index (χ2v) is 4.63. The zero-order chi connectivity index (χ0) is 14.2. The van der Waals surface area contributed by atoms with Gasteiger partial charge in [0.25, 0.3) is 0 Å². The summed E-state index contributed by atoms with van der Waals surface area (Å²) in [5, 5.41) is 5.98. The van der Waals surface area contributed by atoms with Crippen molar-refractivity contribution in [3.8, 4) is 0 Å². The van der Waals surface area contributed by atoms with Crippen LogP contribution < -0.4 is 10.6 Å². The highest BCUT2D eigenvalue weighted by molar-refractivity contribution is 5.77. The summed E-state index contributed by atoms with van der Waals surface area (Å²) in [5.74, 6) is -0.0100. The first-order chi connectivity index (χ1) is 9.75. The first kappa shape index (κ1) is 14.2. The molecule has 1 aromatic carbocycles. The van der Waals surface area contributed by atoms with Crippen LogP contribution in [-0.4, -0.2) is 17.4 Å². The zero-order valence-electron chi connectivity index (χ0n) is 11.6. The number of carbonyl (C=O) groups excluding carboxylic acids is 1. The van der Waals surface area contributed by atoms with Crippen LogP contribution in [0, 0.1) is 6.92 Å². The minimum atomic E-state index is -0.0100. The molecule has 2 aromatic rings. The van der Waals surface area contributed by atoms with Crippen LogP contribution in [0.2, 0.25) is 0 Å². The molecule has 0 unspecified atom stereocenters. The molecule has 0 aliphatic heterocycles. The topological polar surface area (TPSA) is 54.0 Å². The van der Waals surface area contributed by atoms with Gasteiger partial charge in [0, 0.05) is 19.3 Å². The van der Waals surface area contributed by atoms with Gasteiger partial charge in [0.1, 0.15) is 0 Å². The summed E-state index contributed by atoms with van der Waals surface area (Å²) in [7, 11) is 0. The Kier molecular flexibility index (Phi) is 5.26. The van der Waals surface area contributed by atoms with Crippen LogP contribution >= 0.6 is 0 Å². The van der Waals surface area contributed by atoms with Gasteiger partial charge in [-0.25, -0.2) is 0 Å². The number of hydrogen-bond acceptors (Lipinski definition) is 3. The van der Waals surface area contributed by atoms with Gasteiger partial charge in [0.2, 0.25) is 5.91 Å². The number of aryl methyl sites for hydroxylation is 1. The van der Waals surface area contributed by atoms with Crippen LogP contribution in [0.5, 0.6) is 0 Å². The minimum Gasteiger partial charge on any atom is -0.351 e. The van der Waals surface area contributed by atoms with Crippen LogP contribution in [0.25, 0.3) is 0 Å². The van der Waals surface area contributed by atoms with Gasteiger partial charge >= 0.3 is 0 Å². The van der Waals surface area contributed by atoms with Crippen molar-refractivity contribution in [3.63, 3.8) is 0 Å². The molecular formula is C16H19N3O. The molecule has 0 spiro atoms. The van der Waals surface area contributed by atoms with Gasteiger partial charge in [-0.15, -0.1) is 0 Å². The van der Waals surface area contributed by atoms with Crippen molar-refractivity contribution in [1.82, 2.24) is 15.6 Å². The molecule has 1 amide bonds. The predicted octanol–water partition coefficient (Wildman–Crippen LogP) is 1.80. The Bertz CT molecular complexity index is 555. The Hall–Kier alpha value is -2.20. The number of pyridine rings is 1. The molecule has 4 heteroatoms. The Morgan fingerprint density at radius 2 is 1.90 bits per heavy atom. The molecule has 2 N–H and O–H groups in total. The van der Waals surface area contributed by atoms with Gasteiger partial charge in [-0.2, -0.15) is 0 Å². The third-order valence-corrected chi connectivity index (χ3v) is 3.06. The van der Waals surface area contributed by atoms with Crippen LogP contribution in [0.1, 0.15) is 16.8 Å². The maximum atomic E-state index is 11.7. The van der Waals surface area contributed by atoms with E-state index >= 15 is 0 Å². The maximum absolute atomic E-state index is 11.7. The number of hydrogen-bond donors (Lipinski definition) is 2. The normalized spacial score (nSPS) is 10.2. The molecule has 0 radical (unpaired) electrons. The number of carbonyl (C=O) groups is 1. The molecule has 0 aliphatic carbocycles. The van der Waals surface area contributed by atoms with E-state index < -0.39 is 0 Å². The monoisotopic (exact) mass is 269 g/mol. The van der Waals surface area contributed by atoms with Crippen molar-refractivity contribution in [2.24, 2.45) is 0 Å². The minimum absolute atomic E-state index is 0.0100. The second kappa shape index (κ2) is 7.40. The van der Waals surface area contributed by atoms with Crippen LogP contribution in [0.15, 0.2) is 48.7 Å². The molecule has 1 aromatic heterocycles. The lowest BCUT2D eigenvalue weighted by Crippen LogP contribution is -2.33. The molecule has 2 rings (SSSR count). The SMILES string of the molecule is Cc1ccccc1CNC(=O)CNCc1ccccn1. The van der Waals surface area contributed by atoms with Gasteiger partial charge in [-0.3, -0.25) is 9.78 Å². The third kappa shape index (κ3) is 4.48. The summed E-state index contributed by atoms with van der Waals surface area (Å²) in [6, 6.07) is 13.8. The molecule has 0 atom stereocenters. The largest absolute Gasteiger partial charge is 0.351 e. The summed E-state index contributed by atoms with van der Waals surface area (Å²) >= 11 is 0. The van der Waals surface area contributed by atoms with E-state index in [0.717, 1.165) is 11.3 Å². The molecule has 0 aliphatic rings. The van der Waals surface area contributed by atoms with E-state index in [-0.39, 0.29) is 5.91 Å². The standard InChI is InChI=1S/C16H19N3O/c1-13-6-2-3-7-14(13)10-19-16(20)12-17-11-15-8-4-5-9-18-15/h2-9,17H,10-12H2,1H3,(H,19,20). The molecule has 1 heterocycles. The first-order valence-electron chi connectivity index (χ1n) is 6.67. The highest BCUT2D eigenvalue weighted by atomic mass is 16.1. The van der Waals surface area contributed by atoms with E-state index in [0.29, 0.717) is 19.6 Å². The molecule has 4 nitrogen and oxygen atoms in total. The van der Waals surface area contributed by atoms with Crippen molar-refractivity contribution in [2.45, 2.75) is 20.0 Å². The summed E-state index contributed by atoms with van der Waals surface area (Å²) < 4.78 is 0. The Morgan fingerprint density at radius 1 is 1.10 bits per heavy atom. The summed E-state index contributed by atoms with van der Waals surface area (Å²) in [6.45, 7) is 3.50. The molecule has 0 fully saturated rings. The molecule has 0 saturated carbocycles. The average Bonchev–Trinajstić information content (AvgIpc) is 2.47. The third-order valence-electron chi connectivity index (χ3n) is 3.06. The fourth-order valence-electron chi connectivity index (χ4n) is 1.87. The summed E-state index contributed by atoms with van der Waals surface area (Å²) in [6.07, 6.45) is 1.75. The molecule has 104 valence electrons. The molecule has 0 saturated heterocycles. The van der Waals surface area contributed by atoms with Crippen LogP contribution in [0.4, 0.5) is 0 Å². The highest BCUT2D eigenvalue weighted by Crippen LogP contribution is 2.05. The number of aromatic nitrogens is 1. The number of benzene rings is 1. The number of rotatable bonds is 6. The zero-order valence-corrected chi connectivity index (χ0v) is 11.6. The summed E-state index contributed by atoms with van der Waals surface area (Å²) in [5.41, 5.74) is 3.26. The second-order valence-electron chi connectivity index (χ2n) is 4.63. The van der Waals surface area contributed by atoms with Gasteiger partial charge in [0.05, 0.1) is 12.2 Å². The fourth-order valence-corrected chi connectivity index (χ4v) is 1.87. The van der Waals surface area contributed by atoms with Crippen molar-refractivity contribution in [1.29, 1.82) is 0 Å². The van der Waals surface area contributed by atoms with E-state index in [9.17, 15) is 4.79 Å². The van der Waals surface area contributed by atoms with E-state index in [1.807, 2.05) is 49.4 Å². The Balaban J connectivity index is 1.70. The quantitative estimate of drug-likeness (QED) is 0.840. The molecule has 0 bridgehead atoms. The lowest BCUT2D eigenvalue weighted by Gasteiger charge is -2.08. The Labute approximate surface area is 119 Å². The van der Waals surface area contributed by atoms with Crippen LogP contribution in [0.3, 0.4) is 0 Å². The predicted molar refractivity (Wildman–Crippen MR) is 79.0 cm³/mol. The van der Waals surface area contributed by atoms with Gasteiger partial charge < -0.3 is 10.6 Å². The molecular weight excluding hydrogens is 250 g/mol. The van der Waals surface area contributed by atoms with Crippen molar-refractivity contribution in [3.05, 3.63) is 65.5 Å². The Morgan fingerprint density at radius 3 is 2.65 bits per heavy atom. The van der Waals surface area contributed by atoms with Gasteiger partial charge in [-0.1, -0.05) is 30.3 Å².